The lowest BCUT2D eigenvalue weighted by molar-refractivity contribution is 0.425. The van der Waals surface area contributed by atoms with Gasteiger partial charge in [-0.15, -0.1) is 0 Å². The molecule has 0 atom stereocenters. The van der Waals surface area contributed by atoms with Crippen molar-refractivity contribution in [3.63, 3.8) is 0 Å². The van der Waals surface area contributed by atoms with Crippen LogP contribution >= 0.6 is 0 Å². The van der Waals surface area contributed by atoms with E-state index >= 15 is 0 Å². The number of benzene rings is 1. The maximum Gasteiger partial charge on any atom is 0.257 e. The summed E-state index contributed by atoms with van der Waals surface area (Å²) in [5.41, 5.74) is 4.97. The second-order valence-corrected chi connectivity index (χ2v) is 7.81. The molecule has 29 heavy (non-hydrogen) atoms. The molecule has 1 aromatic carbocycles. The zero-order valence-electron chi connectivity index (χ0n) is 16.7. The number of nitrogens with zero attached hydrogens (tertiary/aromatic N) is 4. The van der Waals surface area contributed by atoms with E-state index in [1.54, 1.807) is 0 Å². The van der Waals surface area contributed by atoms with Gasteiger partial charge in [-0.3, -0.25) is 0 Å². The van der Waals surface area contributed by atoms with E-state index in [1.165, 1.54) is 32.1 Å². The third-order valence-electron chi connectivity index (χ3n) is 5.62. The van der Waals surface area contributed by atoms with Crippen molar-refractivity contribution in [1.29, 1.82) is 0 Å². The number of rotatable bonds is 4. The monoisotopic (exact) mass is 388 g/mol. The minimum absolute atomic E-state index is 0.475. The van der Waals surface area contributed by atoms with Crippen LogP contribution in [-0.4, -0.2) is 31.1 Å². The fourth-order valence-corrected chi connectivity index (χ4v) is 4.08. The molecule has 1 saturated carbocycles. The first-order valence-electron chi connectivity index (χ1n) is 10.2. The molecule has 7 nitrogen and oxygen atoms in total. The van der Waals surface area contributed by atoms with E-state index in [0.717, 1.165) is 33.3 Å². The standard InChI is InChI=1S/C22H24N6O/c1-13-11-24-22(26-16-6-4-3-5-7-16)27-20(13)18-12-23-19-10-15(8-9-17(18)19)21-25-14(2)28-29-21/h8-12,16,23H,3-7H2,1-2H3,(H,24,26,27). The van der Waals surface area contributed by atoms with E-state index in [1.807, 2.05) is 38.4 Å². The molecule has 0 amide bonds. The molecule has 0 spiro atoms. The van der Waals surface area contributed by atoms with E-state index in [4.69, 9.17) is 9.51 Å². The van der Waals surface area contributed by atoms with Crippen LogP contribution in [-0.2, 0) is 0 Å². The molecule has 1 aliphatic rings. The zero-order valence-corrected chi connectivity index (χ0v) is 16.7. The Morgan fingerprint density at radius 2 is 1.97 bits per heavy atom. The summed E-state index contributed by atoms with van der Waals surface area (Å²) in [6.07, 6.45) is 10.2. The Morgan fingerprint density at radius 1 is 1.10 bits per heavy atom. The number of hydrogen-bond donors (Lipinski definition) is 2. The maximum atomic E-state index is 5.29. The fraction of sp³-hybridized carbons (Fsp3) is 0.364. The highest BCUT2D eigenvalue weighted by atomic mass is 16.5. The van der Waals surface area contributed by atoms with Gasteiger partial charge in [-0.05, 0) is 44.4 Å². The number of anilines is 1. The van der Waals surface area contributed by atoms with Crippen LogP contribution in [0.3, 0.4) is 0 Å². The summed E-state index contributed by atoms with van der Waals surface area (Å²) >= 11 is 0. The van der Waals surface area contributed by atoms with Crippen LogP contribution < -0.4 is 5.32 Å². The molecule has 0 saturated heterocycles. The van der Waals surface area contributed by atoms with Crippen molar-refractivity contribution in [1.82, 2.24) is 25.1 Å². The summed E-state index contributed by atoms with van der Waals surface area (Å²) in [4.78, 5) is 17.1. The van der Waals surface area contributed by atoms with Gasteiger partial charge in [0.2, 0.25) is 5.95 Å². The minimum atomic E-state index is 0.475. The Labute approximate surface area is 169 Å². The van der Waals surface area contributed by atoms with Crippen LogP contribution in [0.15, 0.2) is 35.1 Å². The minimum Gasteiger partial charge on any atom is -0.360 e. The normalized spacial score (nSPS) is 15.1. The summed E-state index contributed by atoms with van der Waals surface area (Å²) < 4.78 is 5.29. The van der Waals surface area contributed by atoms with Crippen molar-refractivity contribution in [3.05, 3.63) is 42.0 Å². The number of nitrogens with one attached hydrogen (secondary N) is 2. The molecule has 7 heteroatoms. The van der Waals surface area contributed by atoms with Gasteiger partial charge in [-0.1, -0.05) is 30.5 Å². The second kappa shape index (κ2) is 7.31. The lowest BCUT2D eigenvalue weighted by Gasteiger charge is -2.23. The summed E-state index contributed by atoms with van der Waals surface area (Å²) in [6, 6.07) is 6.59. The predicted octanol–water partition coefficient (Wildman–Crippen LogP) is 5.04. The lowest BCUT2D eigenvalue weighted by atomic mass is 9.96. The van der Waals surface area contributed by atoms with Crippen molar-refractivity contribution in [2.45, 2.75) is 52.0 Å². The van der Waals surface area contributed by atoms with E-state index < -0.39 is 0 Å². The van der Waals surface area contributed by atoms with Crippen molar-refractivity contribution >= 4 is 16.9 Å². The molecular weight excluding hydrogens is 364 g/mol. The van der Waals surface area contributed by atoms with Crippen molar-refractivity contribution in [2.75, 3.05) is 5.32 Å². The maximum absolute atomic E-state index is 5.29. The van der Waals surface area contributed by atoms with Gasteiger partial charge >= 0.3 is 0 Å². The molecule has 4 aromatic rings. The number of aryl methyl sites for hydroxylation is 2. The Morgan fingerprint density at radius 3 is 2.76 bits per heavy atom. The first kappa shape index (κ1) is 17.8. The van der Waals surface area contributed by atoms with Crippen LogP contribution in [0.2, 0.25) is 0 Å². The highest BCUT2D eigenvalue weighted by Crippen LogP contribution is 2.32. The van der Waals surface area contributed by atoms with Crippen LogP contribution in [0.1, 0.15) is 43.5 Å². The molecule has 1 aliphatic carbocycles. The third-order valence-corrected chi connectivity index (χ3v) is 5.62. The molecule has 0 bridgehead atoms. The fourth-order valence-electron chi connectivity index (χ4n) is 4.08. The number of aromatic nitrogens is 5. The van der Waals surface area contributed by atoms with Crippen molar-refractivity contribution in [2.24, 2.45) is 0 Å². The topological polar surface area (TPSA) is 92.5 Å². The van der Waals surface area contributed by atoms with Gasteiger partial charge in [0.1, 0.15) is 0 Å². The second-order valence-electron chi connectivity index (χ2n) is 7.81. The van der Waals surface area contributed by atoms with Gasteiger partial charge in [0.15, 0.2) is 5.82 Å². The van der Waals surface area contributed by atoms with Crippen LogP contribution in [0.4, 0.5) is 5.95 Å². The Balaban J connectivity index is 1.49. The highest BCUT2D eigenvalue weighted by molar-refractivity contribution is 5.97. The summed E-state index contributed by atoms with van der Waals surface area (Å²) in [5, 5.41) is 8.51. The molecule has 5 rings (SSSR count). The SMILES string of the molecule is Cc1noc(-c2ccc3c(-c4nc(NC5CCCCC5)ncc4C)c[nH]c3c2)n1. The summed E-state index contributed by atoms with van der Waals surface area (Å²) in [6.45, 7) is 3.86. The molecular formula is C22H24N6O. The lowest BCUT2D eigenvalue weighted by Crippen LogP contribution is -2.23. The molecule has 0 radical (unpaired) electrons. The van der Waals surface area contributed by atoms with Gasteiger partial charge in [0.05, 0.1) is 5.69 Å². The predicted molar refractivity (Wildman–Crippen MR) is 113 cm³/mol. The Bertz CT molecular complexity index is 1160. The van der Waals surface area contributed by atoms with Gasteiger partial charge < -0.3 is 14.8 Å². The van der Waals surface area contributed by atoms with Gasteiger partial charge in [0.25, 0.3) is 5.89 Å². The number of aromatic amines is 1. The third kappa shape index (κ3) is 3.48. The van der Waals surface area contributed by atoms with E-state index in [2.05, 4.69) is 31.5 Å². The average Bonchev–Trinajstić information content (AvgIpc) is 3.36. The smallest absolute Gasteiger partial charge is 0.257 e. The van der Waals surface area contributed by atoms with Crippen molar-refractivity contribution < 1.29 is 4.52 Å². The highest BCUT2D eigenvalue weighted by Gasteiger charge is 2.17. The zero-order chi connectivity index (χ0) is 19.8. The molecule has 0 aliphatic heterocycles. The van der Waals surface area contributed by atoms with Gasteiger partial charge in [-0.25, -0.2) is 9.97 Å². The molecule has 3 aromatic heterocycles. The van der Waals surface area contributed by atoms with Crippen LogP contribution in [0, 0.1) is 13.8 Å². The Hall–Kier alpha value is -3.22. The van der Waals surface area contributed by atoms with E-state index in [0.29, 0.717) is 23.7 Å². The number of hydrogen-bond acceptors (Lipinski definition) is 6. The van der Waals surface area contributed by atoms with E-state index in [-0.39, 0.29) is 0 Å². The average molecular weight is 388 g/mol. The largest absolute Gasteiger partial charge is 0.360 e. The van der Waals surface area contributed by atoms with E-state index in [9.17, 15) is 0 Å². The summed E-state index contributed by atoms with van der Waals surface area (Å²) in [5.74, 6) is 1.87. The Kier molecular flexibility index (Phi) is 4.50. The van der Waals surface area contributed by atoms with Crippen molar-refractivity contribution in [3.8, 4) is 22.7 Å². The molecule has 2 N–H and O–H groups in total. The van der Waals surface area contributed by atoms with Crippen LogP contribution in [0.5, 0.6) is 0 Å². The molecule has 3 heterocycles. The first-order valence-corrected chi connectivity index (χ1v) is 10.2. The first-order chi connectivity index (χ1) is 14.2. The van der Waals surface area contributed by atoms with Crippen LogP contribution in [0.25, 0.3) is 33.6 Å². The quantitative estimate of drug-likeness (QED) is 0.509. The van der Waals surface area contributed by atoms with Gasteiger partial charge in [-0.2, -0.15) is 4.98 Å². The molecule has 148 valence electrons. The summed E-state index contributed by atoms with van der Waals surface area (Å²) in [7, 11) is 0. The molecule has 0 unspecified atom stereocenters. The number of H-pyrrole nitrogens is 1. The van der Waals surface area contributed by atoms with Gasteiger partial charge in [0, 0.05) is 40.5 Å². The number of fused-ring (bicyclic) bond motifs is 1. The molecule has 1 fully saturated rings.